The molecule has 0 spiro atoms. The van der Waals surface area contributed by atoms with E-state index >= 15 is 0 Å². The number of rotatable bonds is 4. The van der Waals surface area contributed by atoms with Gasteiger partial charge in [-0.1, -0.05) is 36.4 Å². The van der Waals surface area contributed by atoms with Gasteiger partial charge in [-0.05, 0) is 30.2 Å². The van der Waals surface area contributed by atoms with Crippen molar-refractivity contribution in [2.75, 3.05) is 6.54 Å². The van der Waals surface area contributed by atoms with E-state index in [-0.39, 0.29) is 0 Å². The molecule has 2 aromatic carbocycles. The van der Waals surface area contributed by atoms with Gasteiger partial charge >= 0.3 is 0 Å². The molecule has 0 saturated carbocycles. The summed E-state index contributed by atoms with van der Waals surface area (Å²) in [6.07, 6.45) is 1.70. The molecule has 1 atom stereocenters. The van der Waals surface area contributed by atoms with Gasteiger partial charge in [-0.15, -0.1) is 11.3 Å². The fourth-order valence-corrected chi connectivity index (χ4v) is 4.45. The van der Waals surface area contributed by atoms with Crippen LogP contribution in [0.3, 0.4) is 0 Å². The number of hydrogen-bond donors (Lipinski definition) is 0. The SMILES string of the molecule is CC(c1ccc2scnc2c1)N1CCc2nc(Cc3ccccc3)oc2C1. The van der Waals surface area contributed by atoms with Crippen molar-refractivity contribution >= 4 is 21.6 Å². The average molecular weight is 375 g/mol. The number of nitrogens with zero attached hydrogens (tertiary/aromatic N) is 3. The molecule has 136 valence electrons. The van der Waals surface area contributed by atoms with Gasteiger partial charge < -0.3 is 4.42 Å². The first-order valence-corrected chi connectivity index (χ1v) is 10.2. The second kappa shape index (κ2) is 6.91. The standard InChI is InChI=1S/C22H21N3OS/c1-15(17-7-8-21-19(12-17)23-14-27-21)25-10-9-18-20(13-25)26-22(24-18)11-16-5-3-2-4-6-16/h2-8,12,14-15H,9-11,13H2,1H3. The highest BCUT2D eigenvalue weighted by Gasteiger charge is 2.26. The number of aromatic nitrogens is 2. The van der Waals surface area contributed by atoms with Crippen molar-refractivity contribution in [1.82, 2.24) is 14.9 Å². The lowest BCUT2D eigenvalue weighted by Gasteiger charge is -2.31. The molecule has 0 bridgehead atoms. The maximum Gasteiger partial charge on any atom is 0.199 e. The normalized spacial score (nSPS) is 15.7. The van der Waals surface area contributed by atoms with Gasteiger partial charge in [0.05, 0.1) is 28.0 Å². The van der Waals surface area contributed by atoms with E-state index in [1.165, 1.54) is 15.8 Å². The molecule has 2 aromatic heterocycles. The molecule has 1 aliphatic rings. The maximum absolute atomic E-state index is 6.12. The van der Waals surface area contributed by atoms with Gasteiger partial charge in [-0.2, -0.15) is 0 Å². The largest absolute Gasteiger partial charge is 0.444 e. The minimum atomic E-state index is 0.326. The third-order valence-electron chi connectivity index (χ3n) is 5.39. The fourth-order valence-electron chi connectivity index (χ4n) is 3.79. The molecule has 5 heteroatoms. The molecule has 27 heavy (non-hydrogen) atoms. The summed E-state index contributed by atoms with van der Waals surface area (Å²) >= 11 is 1.69. The molecule has 1 unspecified atom stereocenters. The summed E-state index contributed by atoms with van der Waals surface area (Å²) in [6.45, 7) is 4.08. The Morgan fingerprint density at radius 3 is 2.96 bits per heavy atom. The number of benzene rings is 2. The predicted octanol–water partition coefficient (Wildman–Crippen LogP) is 4.99. The molecule has 4 nitrogen and oxygen atoms in total. The van der Waals surface area contributed by atoms with E-state index in [0.717, 1.165) is 48.8 Å². The number of oxazole rings is 1. The summed E-state index contributed by atoms with van der Waals surface area (Å²) in [7, 11) is 0. The highest BCUT2D eigenvalue weighted by molar-refractivity contribution is 7.16. The molecule has 0 aliphatic carbocycles. The zero-order valence-corrected chi connectivity index (χ0v) is 16.1. The van der Waals surface area contributed by atoms with Crippen LogP contribution in [0.2, 0.25) is 0 Å². The number of fused-ring (bicyclic) bond motifs is 2. The summed E-state index contributed by atoms with van der Waals surface area (Å²) < 4.78 is 7.36. The van der Waals surface area contributed by atoms with Crippen LogP contribution in [0, 0.1) is 0 Å². The molecule has 0 amide bonds. The molecular weight excluding hydrogens is 354 g/mol. The topological polar surface area (TPSA) is 42.2 Å². The van der Waals surface area contributed by atoms with Gasteiger partial charge in [0.1, 0.15) is 5.76 Å². The van der Waals surface area contributed by atoms with Crippen LogP contribution in [0.25, 0.3) is 10.2 Å². The summed E-state index contributed by atoms with van der Waals surface area (Å²) in [5.74, 6) is 1.85. The van der Waals surface area contributed by atoms with Crippen molar-refractivity contribution in [2.24, 2.45) is 0 Å². The molecular formula is C22H21N3OS. The smallest absolute Gasteiger partial charge is 0.199 e. The van der Waals surface area contributed by atoms with E-state index in [0.29, 0.717) is 6.04 Å². The second-order valence-corrected chi connectivity index (χ2v) is 8.00. The van der Waals surface area contributed by atoms with E-state index in [1.807, 2.05) is 11.6 Å². The monoisotopic (exact) mass is 375 g/mol. The molecule has 0 N–H and O–H groups in total. The lowest BCUT2D eigenvalue weighted by molar-refractivity contribution is 0.173. The summed E-state index contributed by atoms with van der Waals surface area (Å²) in [5, 5.41) is 0. The second-order valence-electron chi connectivity index (χ2n) is 7.12. The Hall–Kier alpha value is -2.50. The van der Waals surface area contributed by atoms with Crippen molar-refractivity contribution in [2.45, 2.75) is 32.4 Å². The van der Waals surface area contributed by atoms with Gasteiger partial charge in [-0.25, -0.2) is 9.97 Å². The lowest BCUT2D eigenvalue weighted by atomic mass is 10.0. The predicted molar refractivity (Wildman–Crippen MR) is 108 cm³/mol. The average Bonchev–Trinajstić information content (AvgIpc) is 3.33. The first kappa shape index (κ1) is 16.7. The van der Waals surface area contributed by atoms with Crippen LogP contribution in [0.15, 0.2) is 58.5 Å². The minimum absolute atomic E-state index is 0.326. The van der Waals surface area contributed by atoms with Crippen LogP contribution in [0.4, 0.5) is 0 Å². The van der Waals surface area contributed by atoms with Crippen molar-refractivity contribution < 1.29 is 4.42 Å². The van der Waals surface area contributed by atoms with Crippen molar-refractivity contribution in [3.63, 3.8) is 0 Å². The highest BCUT2D eigenvalue weighted by Crippen LogP contribution is 2.30. The summed E-state index contributed by atoms with van der Waals surface area (Å²) in [4.78, 5) is 11.7. The quantitative estimate of drug-likeness (QED) is 0.504. The van der Waals surface area contributed by atoms with Gasteiger partial charge in [0, 0.05) is 25.4 Å². The Morgan fingerprint density at radius 1 is 1.19 bits per heavy atom. The van der Waals surface area contributed by atoms with E-state index < -0.39 is 0 Å². The number of hydrogen-bond acceptors (Lipinski definition) is 5. The van der Waals surface area contributed by atoms with Crippen LogP contribution < -0.4 is 0 Å². The molecule has 0 fully saturated rings. The molecule has 0 saturated heterocycles. The van der Waals surface area contributed by atoms with Gasteiger partial charge in [0.25, 0.3) is 0 Å². The Kier molecular flexibility index (Phi) is 4.26. The Labute approximate surface area is 162 Å². The van der Waals surface area contributed by atoms with Crippen LogP contribution in [0.1, 0.15) is 41.4 Å². The molecule has 4 aromatic rings. The Balaban J connectivity index is 1.34. The lowest BCUT2D eigenvalue weighted by Crippen LogP contribution is -2.32. The Morgan fingerprint density at radius 2 is 2.07 bits per heavy atom. The van der Waals surface area contributed by atoms with Crippen LogP contribution >= 0.6 is 11.3 Å². The summed E-state index contributed by atoms with van der Waals surface area (Å²) in [6, 6.07) is 17.3. The first-order valence-electron chi connectivity index (χ1n) is 9.35. The maximum atomic E-state index is 6.12. The van der Waals surface area contributed by atoms with Crippen molar-refractivity contribution in [3.05, 3.63) is 82.5 Å². The van der Waals surface area contributed by atoms with E-state index in [9.17, 15) is 0 Å². The minimum Gasteiger partial charge on any atom is -0.444 e. The van der Waals surface area contributed by atoms with E-state index in [4.69, 9.17) is 9.40 Å². The van der Waals surface area contributed by atoms with Crippen LogP contribution in [-0.2, 0) is 19.4 Å². The molecule has 5 rings (SSSR count). The highest BCUT2D eigenvalue weighted by atomic mass is 32.1. The fraction of sp³-hybridized carbons (Fsp3) is 0.273. The molecule has 1 aliphatic heterocycles. The third kappa shape index (κ3) is 3.29. The van der Waals surface area contributed by atoms with Gasteiger partial charge in [0.2, 0.25) is 0 Å². The van der Waals surface area contributed by atoms with Crippen molar-refractivity contribution in [1.29, 1.82) is 0 Å². The number of thiazole rings is 1. The molecule has 3 heterocycles. The first-order chi connectivity index (χ1) is 13.3. The van der Waals surface area contributed by atoms with Gasteiger partial charge in [-0.3, -0.25) is 4.90 Å². The zero-order valence-electron chi connectivity index (χ0n) is 15.3. The third-order valence-corrected chi connectivity index (χ3v) is 6.20. The Bertz CT molecular complexity index is 1070. The summed E-state index contributed by atoms with van der Waals surface area (Å²) in [5.41, 5.74) is 6.67. The van der Waals surface area contributed by atoms with Crippen LogP contribution in [0.5, 0.6) is 0 Å². The molecule has 0 radical (unpaired) electrons. The van der Waals surface area contributed by atoms with Crippen LogP contribution in [-0.4, -0.2) is 21.4 Å². The van der Waals surface area contributed by atoms with Crippen molar-refractivity contribution in [3.8, 4) is 0 Å². The van der Waals surface area contributed by atoms with Gasteiger partial charge in [0.15, 0.2) is 5.89 Å². The van der Waals surface area contributed by atoms with E-state index in [2.05, 4.69) is 59.3 Å². The zero-order chi connectivity index (χ0) is 18.2. The van der Waals surface area contributed by atoms with E-state index in [1.54, 1.807) is 11.3 Å².